The summed E-state index contributed by atoms with van der Waals surface area (Å²) < 4.78 is 4.78. The first-order valence-electron chi connectivity index (χ1n) is 8.49. The molecule has 0 bridgehead atoms. The van der Waals surface area contributed by atoms with Crippen molar-refractivity contribution in [2.75, 3.05) is 30.9 Å². The summed E-state index contributed by atoms with van der Waals surface area (Å²) in [6.45, 7) is 2.50. The highest BCUT2D eigenvalue weighted by atomic mass is 16.5. The predicted molar refractivity (Wildman–Crippen MR) is 95.0 cm³/mol. The van der Waals surface area contributed by atoms with Gasteiger partial charge in [-0.1, -0.05) is 13.0 Å². The van der Waals surface area contributed by atoms with Crippen LogP contribution in [-0.2, 0) is 14.3 Å². The molecule has 0 aliphatic heterocycles. The van der Waals surface area contributed by atoms with Crippen LogP contribution in [-0.4, -0.2) is 38.1 Å². The van der Waals surface area contributed by atoms with Gasteiger partial charge in [-0.25, -0.2) is 0 Å². The number of nitrogens with one attached hydrogen (secondary N) is 3. The minimum absolute atomic E-state index is 0.00312. The third kappa shape index (κ3) is 6.20. The van der Waals surface area contributed by atoms with Gasteiger partial charge in [0.15, 0.2) is 0 Å². The number of hydrogen-bond acceptors (Lipinski definition) is 4. The molecule has 1 aromatic carbocycles. The van der Waals surface area contributed by atoms with Crippen molar-refractivity contribution in [2.24, 2.45) is 5.92 Å². The summed E-state index contributed by atoms with van der Waals surface area (Å²) in [5.74, 6) is 0.564. The lowest BCUT2D eigenvalue weighted by Gasteiger charge is -2.27. The molecule has 1 fully saturated rings. The van der Waals surface area contributed by atoms with Crippen molar-refractivity contribution in [3.8, 4) is 0 Å². The first kappa shape index (κ1) is 18.3. The highest BCUT2D eigenvalue weighted by molar-refractivity contribution is 5.92. The Hall–Kier alpha value is -2.08. The van der Waals surface area contributed by atoms with Crippen molar-refractivity contribution >= 4 is 23.2 Å². The van der Waals surface area contributed by atoms with Crippen molar-refractivity contribution in [3.05, 3.63) is 24.3 Å². The van der Waals surface area contributed by atoms with Gasteiger partial charge in [0.2, 0.25) is 11.8 Å². The average Bonchev–Trinajstić information content (AvgIpc) is 2.56. The van der Waals surface area contributed by atoms with E-state index >= 15 is 0 Å². The second-order valence-electron chi connectivity index (χ2n) is 6.44. The summed E-state index contributed by atoms with van der Waals surface area (Å²) in [5.41, 5.74) is 1.46. The van der Waals surface area contributed by atoms with Gasteiger partial charge in [0.25, 0.3) is 0 Å². The summed E-state index contributed by atoms with van der Waals surface area (Å²) in [6, 6.07) is 7.58. The molecule has 1 aliphatic carbocycles. The van der Waals surface area contributed by atoms with Gasteiger partial charge in [-0.3, -0.25) is 9.59 Å². The molecule has 1 aliphatic rings. The lowest BCUT2D eigenvalue weighted by atomic mass is 9.87. The van der Waals surface area contributed by atoms with Crippen molar-refractivity contribution in [3.63, 3.8) is 0 Å². The van der Waals surface area contributed by atoms with Crippen LogP contribution in [0.2, 0.25) is 0 Å². The molecule has 0 spiro atoms. The first-order valence-corrected chi connectivity index (χ1v) is 8.49. The van der Waals surface area contributed by atoms with Crippen LogP contribution >= 0.6 is 0 Å². The van der Waals surface area contributed by atoms with E-state index in [-0.39, 0.29) is 25.0 Å². The molecule has 2 amide bonds. The Morgan fingerprint density at radius 3 is 2.54 bits per heavy atom. The molecular formula is C18H27N3O3. The molecule has 0 saturated heterocycles. The van der Waals surface area contributed by atoms with Crippen LogP contribution in [0.5, 0.6) is 0 Å². The van der Waals surface area contributed by atoms with Crippen LogP contribution in [0, 0.1) is 5.92 Å². The van der Waals surface area contributed by atoms with Gasteiger partial charge in [0.05, 0.1) is 6.54 Å². The first-order chi connectivity index (χ1) is 11.6. The summed E-state index contributed by atoms with van der Waals surface area (Å²) in [4.78, 5) is 23.6. The summed E-state index contributed by atoms with van der Waals surface area (Å²) in [5, 5.41) is 8.92. The number of rotatable bonds is 7. The monoisotopic (exact) mass is 333 g/mol. The molecule has 0 aromatic heterocycles. The Labute approximate surface area is 143 Å². The zero-order chi connectivity index (χ0) is 17.4. The number of carbonyl (C=O) groups is 2. The molecular weight excluding hydrogens is 306 g/mol. The summed E-state index contributed by atoms with van der Waals surface area (Å²) in [7, 11) is 1.48. The highest BCUT2D eigenvalue weighted by Crippen LogP contribution is 2.23. The van der Waals surface area contributed by atoms with E-state index in [4.69, 9.17) is 4.74 Å². The van der Waals surface area contributed by atoms with Gasteiger partial charge in [-0.2, -0.15) is 0 Å². The molecule has 0 unspecified atom stereocenters. The van der Waals surface area contributed by atoms with Crippen LogP contribution < -0.4 is 16.0 Å². The zero-order valence-corrected chi connectivity index (χ0v) is 14.4. The van der Waals surface area contributed by atoms with Crippen molar-refractivity contribution in [2.45, 2.75) is 38.6 Å². The largest absolute Gasteiger partial charge is 0.376 e. The normalized spacial score (nSPS) is 20.2. The fraction of sp³-hybridized carbons (Fsp3) is 0.556. The van der Waals surface area contributed by atoms with E-state index in [1.165, 1.54) is 20.0 Å². The maximum Gasteiger partial charge on any atom is 0.250 e. The SMILES string of the molecule is COCC(=O)Nc1cccc(NCC(=O)NC2CCC(C)CC2)c1. The Morgan fingerprint density at radius 1 is 1.12 bits per heavy atom. The minimum atomic E-state index is -0.209. The van der Waals surface area contributed by atoms with Crippen LogP contribution in [0.15, 0.2) is 24.3 Å². The van der Waals surface area contributed by atoms with Crippen LogP contribution in [0.3, 0.4) is 0 Å². The van der Waals surface area contributed by atoms with Gasteiger partial charge >= 0.3 is 0 Å². The number of methoxy groups -OCH3 is 1. The van der Waals surface area contributed by atoms with Gasteiger partial charge < -0.3 is 20.7 Å². The lowest BCUT2D eigenvalue weighted by molar-refractivity contribution is -0.120. The molecule has 24 heavy (non-hydrogen) atoms. The molecule has 0 atom stereocenters. The fourth-order valence-electron chi connectivity index (χ4n) is 2.90. The number of benzene rings is 1. The van der Waals surface area contributed by atoms with E-state index in [1.54, 1.807) is 12.1 Å². The van der Waals surface area contributed by atoms with Crippen molar-refractivity contribution < 1.29 is 14.3 Å². The zero-order valence-electron chi connectivity index (χ0n) is 14.4. The molecule has 132 valence electrons. The topological polar surface area (TPSA) is 79.5 Å². The number of ether oxygens (including phenoxy) is 1. The number of amides is 2. The maximum absolute atomic E-state index is 12.1. The molecule has 3 N–H and O–H groups in total. The summed E-state index contributed by atoms with van der Waals surface area (Å²) in [6.07, 6.45) is 4.49. The number of carbonyl (C=O) groups excluding carboxylic acids is 2. The van der Waals surface area contributed by atoms with E-state index in [0.717, 1.165) is 24.4 Å². The molecule has 2 rings (SSSR count). The number of anilines is 2. The lowest BCUT2D eigenvalue weighted by Crippen LogP contribution is -2.40. The number of hydrogen-bond donors (Lipinski definition) is 3. The van der Waals surface area contributed by atoms with E-state index in [2.05, 4.69) is 22.9 Å². The Morgan fingerprint density at radius 2 is 1.83 bits per heavy atom. The van der Waals surface area contributed by atoms with E-state index in [1.807, 2.05) is 12.1 Å². The standard InChI is InChI=1S/C18H27N3O3/c1-13-6-8-14(9-7-13)20-17(22)11-19-15-4-3-5-16(10-15)21-18(23)12-24-2/h3-5,10,13-14,19H,6-9,11-12H2,1-2H3,(H,20,22)(H,21,23). The molecule has 0 heterocycles. The molecule has 6 heteroatoms. The van der Waals surface area contributed by atoms with Gasteiger partial charge in [0, 0.05) is 24.5 Å². The molecule has 0 radical (unpaired) electrons. The molecule has 6 nitrogen and oxygen atoms in total. The predicted octanol–water partition coefficient (Wildman–Crippen LogP) is 2.38. The molecule has 1 aromatic rings. The second kappa shape index (κ2) is 9.27. The van der Waals surface area contributed by atoms with Gasteiger partial charge in [-0.15, -0.1) is 0 Å². The van der Waals surface area contributed by atoms with Crippen LogP contribution in [0.4, 0.5) is 11.4 Å². The van der Waals surface area contributed by atoms with Crippen molar-refractivity contribution in [1.29, 1.82) is 0 Å². The third-order valence-electron chi connectivity index (χ3n) is 4.26. The Balaban J connectivity index is 1.77. The van der Waals surface area contributed by atoms with Crippen molar-refractivity contribution in [1.82, 2.24) is 5.32 Å². The molecule has 1 saturated carbocycles. The second-order valence-corrected chi connectivity index (χ2v) is 6.44. The quantitative estimate of drug-likeness (QED) is 0.716. The average molecular weight is 333 g/mol. The fourth-order valence-corrected chi connectivity index (χ4v) is 2.90. The third-order valence-corrected chi connectivity index (χ3v) is 4.26. The maximum atomic E-state index is 12.1. The minimum Gasteiger partial charge on any atom is -0.376 e. The van der Waals surface area contributed by atoms with Crippen LogP contribution in [0.25, 0.3) is 0 Å². The Bertz CT molecular complexity index is 554. The van der Waals surface area contributed by atoms with E-state index in [0.29, 0.717) is 11.7 Å². The smallest absolute Gasteiger partial charge is 0.250 e. The van der Waals surface area contributed by atoms with Gasteiger partial charge in [0.1, 0.15) is 6.61 Å². The van der Waals surface area contributed by atoms with Crippen LogP contribution in [0.1, 0.15) is 32.6 Å². The Kier molecular flexibility index (Phi) is 7.06. The van der Waals surface area contributed by atoms with E-state index < -0.39 is 0 Å². The highest BCUT2D eigenvalue weighted by Gasteiger charge is 2.19. The summed E-state index contributed by atoms with van der Waals surface area (Å²) >= 11 is 0. The van der Waals surface area contributed by atoms with E-state index in [9.17, 15) is 9.59 Å². The van der Waals surface area contributed by atoms with Gasteiger partial charge in [-0.05, 0) is 49.8 Å².